The van der Waals surface area contributed by atoms with Crippen molar-refractivity contribution in [1.82, 2.24) is 9.71 Å². The molecule has 8 heteroatoms. The van der Waals surface area contributed by atoms with Crippen molar-refractivity contribution in [3.63, 3.8) is 0 Å². The molecule has 3 rings (SSSR count). The fourth-order valence-electron chi connectivity index (χ4n) is 2.71. The molecule has 0 bridgehead atoms. The van der Waals surface area contributed by atoms with Gasteiger partial charge >= 0.3 is 0 Å². The molecule has 138 valence electrons. The lowest BCUT2D eigenvalue weighted by Crippen LogP contribution is -2.26. The van der Waals surface area contributed by atoms with Crippen molar-refractivity contribution in [3.8, 4) is 11.5 Å². The summed E-state index contributed by atoms with van der Waals surface area (Å²) < 4.78 is 37.8. The molecular formula is C18H19ClN2O4S. The largest absolute Gasteiger partial charge is 0.497 e. The van der Waals surface area contributed by atoms with Crippen molar-refractivity contribution in [2.45, 2.75) is 11.3 Å². The maximum Gasteiger partial charge on any atom is 0.240 e. The van der Waals surface area contributed by atoms with Gasteiger partial charge in [-0.1, -0.05) is 11.6 Å². The second kappa shape index (κ2) is 7.57. The zero-order chi connectivity index (χ0) is 18.7. The quantitative estimate of drug-likeness (QED) is 0.644. The standard InChI is InChI=1S/C18H19ClN2O4S/c1-24-13-3-5-17-15(9-13)12(11-20-17)7-8-21-26(22,23)14-4-6-18(25-2)16(19)10-14/h3-6,9-11,20-21H,7-8H2,1-2H3. The third-order valence-electron chi connectivity index (χ3n) is 4.09. The average molecular weight is 395 g/mol. The topological polar surface area (TPSA) is 80.4 Å². The van der Waals surface area contributed by atoms with Crippen LogP contribution in [0, 0.1) is 0 Å². The van der Waals surface area contributed by atoms with E-state index in [0.717, 1.165) is 22.2 Å². The minimum absolute atomic E-state index is 0.101. The molecule has 0 atom stereocenters. The molecule has 2 aromatic carbocycles. The summed E-state index contributed by atoms with van der Waals surface area (Å²) in [5.41, 5.74) is 1.99. The second-order valence-corrected chi connectivity index (χ2v) is 7.84. The van der Waals surface area contributed by atoms with Gasteiger partial charge in [0.2, 0.25) is 10.0 Å². The molecule has 1 heterocycles. The van der Waals surface area contributed by atoms with E-state index < -0.39 is 10.0 Å². The van der Waals surface area contributed by atoms with Crippen molar-refractivity contribution in [2.24, 2.45) is 0 Å². The van der Waals surface area contributed by atoms with E-state index in [2.05, 4.69) is 9.71 Å². The van der Waals surface area contributed by atoms with Gasteiger partial charge in [0.05, 0.1) is 24.1 Å². The number of hydrogen-bond donors (Lipinski definition) is 2. The summed E-state index contributed by atoms with van der Waals surface area (Å²) in [6.45, 7) is 0.260. The zero-order valence-electron chi connectivity index (χ0n) is 14.4. The van der Waals surface area contributed by atoms with E-state index in [1.54, 1.807) is 7.11 Å². The molecule has 2 N–H and O–H groups in total. The van der Waals surface area contributed by atoms with E-state index >= 15 is 0 Å². The normalized spacial score (nSPS) is 11.7. The van der Waals surface area contributed by atoms with E-state index in [9.17, 15) is 8.42 Å². The van der Waals surface area contributed by atoms with Crippen LogP contribution in [0.15, 0.2) is 47.5 Å². The number of aromatic amines is 1. The van der Waals surface area contributed by atoms with Gasteiger partial charge in [0.15, 0.2) is 0 Å². The van der Waals surface area contributed by atoms with Crippen LogP contribution in [0.25, 0.3) is 10.9 Å². The fraction of sp³-hybridized carbons (Fsp3) is 0.222. The third kappa shape index (κ3) is 3.80. The first-order valence-corrected chi connectivity index (χ1v) is 9.78. The van der Waals surface area contributed by atoms with Crippen LogP contribution >= 0.6 is 11.6 Å². The lowest BCUT2D eigenvalue weighted by atomic mass is 10.1. The summed E-state index contributed by atoms with van der Waals surface area (Å²) in [5, 5.41) is 1.26. The monoisotopic (exact) mass is 394 g/mol. The van der Waals surface area contributed by atoms with E-state index in [1.165, 1.54) is 25.3 Å². The van der Waals surface area contributed by atoms with Crippen LogP contribution in [0.4, 0.5) is 0 Å². The molecule has 0 fully saturated rings. The van der Waals surface area contributed by atoms with Gasteiger partial charge in [-0.05, 0) is 48.4 Å². The molecule has 0 radical (unpaired) electrons. The zero-order valence-corrected chi connectivity index (χ0v) is 15.9. The Hall–Kier alpha value is -2.22. The maximum absolute atomic E-state index is 12.4. The van der Waals surface area contributed by atoms with Crippen LogP contribution in [0.3, 0.4) is 0 Å². The highest BCUT2D eigenvalue weighted by atomic mass is 35.5. The predicted octanol–water partition coefficient (Wildman–Crippen LogP) is 3.36. The van der Waals surface area contributed by atoms with Crippen LogP contribution in [0.5, 0.6) is 11.5 Å². The van der Waals surface area contributed by atoms with Gasteiger partial charge < -0.3 is 14.5 Å². The van der Waals surface area contributed by atoms with Gasteiger partial charge in [-0.2, -0.15) is 0 Å². The Kier molecular flexibility index (Phi) is 5.41. The second-order valence-electron chi connectivity index (χ2n) is 5.67. The summed E-state index contributed by atoms with van der Waals surface area (Å²) in [6, 6.07) is 10.1. The molecule has 0 saturated carbocycles. The van der Waals surface area contributed by atoms with Gasteiger partial charge in [-0.15, -0.1) is 0 Å². The van der Waals surface area contributed by atoms with Crippen molar-refractivity contribution in [3.05, 3.63) is 53.2 Å². The van der Waals surface area contributed by atoms with Gasteiger partial charge in [0.25, 0.3) is 0 Å². The lowest BCUT2D eigenvalue weighted by Gasteiger charge is -2.09. The number of fused-ring (bicyclic) bond motifs is 1. The number of rotatable bonds is 7. The third-order valence-corrected chi connectivity index (χ3v) is 5.85. The number of halogens is 1. The summed E-state index contributed by atoms with van der Waals surface area (Å²) in [7, 11) is -0.563. The smallest absolute Gasteiger partial charge is 0.240 e. The highest BCUT2D eigenvalue weighted by molar-refractivity contribution is 7.89. The Bertz CT molecular complexity index is 1030. The Morgan fingerprint density at radius 1 is 1.12 bits per heavy atom. The van der Waals surface area contributed by atoms with E-state index in [1.807, 2.05) is 24.4 Å². The summed E-state index contributed by atoms with van der Waals surface area (Å²) in [4.78, 5) is 3.28. The maximum atomic E-state index is 12.4. The van der Waals surface area contributed by atoms with Gasteiger partial charge in [0, 0.05) is 23.6 Å². The first-order chi connectivity index (χ1) is 12.4. The highest BCUT2D eigenvalue weighted by Crippen LogP contribution is 2.27. The molecule has 0 unspecified atom stereocenters. The summed E-state index contributed by atoms with van der Waals surface area (Å²) in [5.74, 6) is 1.19. The van der Waals surface area contributed by atoms with Crippen LogP contribution in [0.2, 0.25) is 5.02 Å². The molecule has 0 spiro atoms. The summed E-state index contributed by atoms with van der Waals surface area (Å²) >= 11 is 6.01. The number of methoxy groups -OCH3 is 2. The summed E-state index contributed by atoms with van der Waals surface area (Å²) in [6.07, 6.45) is 2.42. The van der Waals surface area contributed by atoms with Gasteiger partial charge in [-0.25, -0.2) is 13.1 Å². The molecule has 0 saturated heterocycles. The van der Waals surface area contributed by atoms with Crippen LogP contribution in [-0.4, -0.2) is 34.2 Å². The minimum atomic E-state index is -3.65. The number of ether oxygens (including phenoxy) is 2. The van der Waals surface area contributed by atoms with Crippen LogP contribution in [-0.2, 0) is 16.4 Å². The number of benzene rings is 2. The molecule has 6 nitrogen and oxygen atoms in total. The molecule has 1 aromatic heterocycles. The molecule has 0 amide bonds. The van der Waals surface area contributed by atoms with E-state index in [-0.39, 0.29) is 16.5 Å². The number of nitrogens with one attached hydrogen (secondary N) is 2. The first-order valence-electron chi connectivity index (χ1n) is 7.92. The molecule has 3 aromatic rings. The Morgan fingerprint density at radius 2 is 1.92 bits per heavy atom. The Labute approximate surface area is 157 Å². The number of hydrogen-bond acceptors (Lipinski definition) is 4. The minimum Gasteiger partial charge on any atom is -0.497 e. The van der Waals surface area contributed by atoms with Crippen LogP contribution < -0.4 is 14.2 Å². The lowest BCUT2D eigenvalue weighted by molar-refractivity contribution is 0.414. The van der Waals surface area contributed by atoms with Crippen molar-refractivity contribution in [2.75, 3.05) is 20.8 Å². The number of sulfonamides is 1. The predicted molar refractivity (Wildman–Crippen MR) is 102 cm³/mol. The first kappa shape index (κ1) is 18.6. The molecule has 26 heavy (non-hydrogen) atoms. The number of H-pyrrole nitrogens is 1. The van der Waals surface area contributed by atoms with Gasteiger partial charge in [-0.3, -0.25) is 0 Å². The SMILES string of the molecule is COc1ccc2[nH]cc(CCNS(=O)(=O)c3ccc(OC)c(Cl)c3)c2c1. The Morgan fingerprint density at radius 3 is 2.62 bits per heavy atom. The van der Waals surface area contributed by atoms with E-state index in [4.69, 9.17) is 21.1 Å². The fourth-order valence-corrected chi connectivity index (χ4v) is 4.09. The van der Waals surface area contributed by atoms with E-state index in [0.29, 0.717) is 12.2 Å². The van der Waals surface area contributed by atoms with Crippen molar-refractivity contribution >= 4 is 32.5 Å². The van der Waals surface area contributed by atoms with Crippen molar-refractivity contribution < 1.29 is 17.9 Å². The molecule has 0 aliphatic heterocycles. The highest BCUT2D eigenvalue weighted by Gasteiger charge is 2.16. The molecular weight excluding hydrogens is 376 g/mol. The average Bonchev–Trinajstić information content (AvgIpc) is 3.03. The van der Waals surface area contributed by atoms with Crippen molar-refractivity contribution in [1.29, 1.82) is 0 Å². The van der Waals surface area contributed by atoms with Crippen LogP contribution in [0.1, 0.15) is 5.56 Å². The van der Waals surface area contributed by atoms with Gasteiger partial charge in [0.1, 0.15) is 11.5 Å². The molecule has 0 aliphatic carbocycles. The number of aromatic nitrogens is 1. The Balaban J connectivity index is 1.72. The molecule has 0 aliphatic rings.